The first-order valence-corrected chi connectivity index (χ1v) is 11.5. The van der Waals surface area contributed by atoms with E-state index in [1.54, 1.807) is 0 Å². The number of hydrogen-bond acceptors (Lipinski definition) is 4. The van der Waals surface area contributed by atoms with Crippen molar-refractivity contribution in [1.82, 2.24) is 9.80 Å². The highest BCUT2D eigenvalue weighted by Gasteiger charge is 2.16. The molecular weight excluding hydrogens is 400 g/mol. The average molecular weight is 439 g/mol. The molecule has 2 aromatic rings. The molecule has 0 fully saturated rings. The fourth-order valence-corrected chi connectivity index (χ4v) is 3.61. The lowest BCUT2D eigenvalue weighted by molar-refractivity contribution is -0.117. The molecule has 0 aliphatic heterocycles. The molecule has 2 rings (SSSR count). The van der Waals surface area contributed by atoms with Gasteiger partial charge in [0.15, 0.2) is 0 Å². The molecule has 6 nitrogen and oxygen atoms in total. The second-order valence-corrected chi connectivity index (χ2v) is 8.41. The van der Waals surface area contributed by atoms with Crippen molar-refractivity contribution in [1.29, 1.82) is 0 Å². The number of hydrogen-bond donors (Lipinski definition) is 2. The Kier molecular flexibility index (Phi) is 10.4. The topological polar surface area (TPSA) is 64.7 Å². The third-order valence-corrected chi connectivity index (χ3v) is 5.83. The third-order valence-electron chi connectivity index (χ3n) is 5.83. The summed E-state index contributed by atoms with van der Waals surface area (Å²) in [5.74, 6) is -0.0223. The highest BCUT2D eigenvalue weighted by molar-refractivity contribution is 5.93. The smallest absolute Gasteiger partial charge is 0.238 e. The van der Waals surface area contributed by atoms with E-state index in [1.807, 2.05) is 67.5 Å². The molecule has 6 heteroatoms. The van der Waals surface area contributed by atoms with Gasteiger partial charge in [-0.05, 0) is 70.1 Å². The lowest BCUT2D eigenvalue weighted by Gasteiger charge is -2.26. The number of amides is 2. The van der Waals surface area contributed by atoms with Gasteiger partial charge in [-0.15, -0.1) is 0 Å². The fraction of sp³-hybridized carbons (Fsp3) is 0.462. The number of anilines is 2. The molecule has 0 spiro atoms. The Morgan fingerprint density at radius 2 is 1.28 bits per heavy atom. The van der Waals surface area contributed by atoms with Crippen molar-refractivity contribution in [3.63, 3.8) is 0 Å². The minimum atomic E-state index is -0.0115. The maximum absolute atomic E-state index is 12.5. The zero-order valence-corrected chi connectivity index (χ0v) is 20.1. The van der Waals surface area contributed by atoms with Gasteiger partial charge < -0.3 is 10.6 Å². The van der Waals surface area contributed by atoms with Crippen LogP contribution in [0.3, 0.4) is 0 Å². The Labute approximate surface area is 193 Å². The number of nitrogens with zero attached hydrogens (tertiary/aromatic N) is 2. The molecule has 0 saturated heterocycles. The monoisotopic (exact) mass is 438 g/mol. The summed E-state index contributed by atoms with van der Waals surface area (Å²) in [6, 6.07) is 16.0. The molecule has 1 unspecified atom stereocenters. The summed E-state index contributed by atoms with van der Waals surface area (Å²) in [6.45, 7) is 7.71. The molecule has 0 aliphatic rings. The number of benzene rings is 2. The lowest BCUT2D eigenvalue weighted by Crippen LogP contribution is -2.39. The van der Waals surface area contributed by atoms with Crippen molar-refractivity contribution in [2.75, 3.05) is 44.4 Å². The van der Waals surface area contributed by atoms with Crippen LogP contribution < -0.4 is 10.6 Å². The largest absolute Gasteiger partial charge is 0.325 e. The second-order valence-electron chi connectivity index (χ2n) is 8.41. The van der Waals surface area contributed by atoms with Crippen molar-refractivity contribution in [2.24, 2.45) is 0 Å². The molecule has 0 aromatic heterocycles. The zero-order chi connectivity index (χ0) is 23.5. The number of carbonyl (C=O) groups excluding carboxylic acids is 2. The third kappa shape index (κ3) is 8.09. The van der Waals surface area contributed by atoms with Gasteiger partial charge in [-0.2, -0.15) is 0 Å². The lowest BCUT2D eigenvalue weighted by atomic mass is 10.1. The van der Waals surface area contributed by atoms with E-state index >= 15 is 0 Å². The Balaban J connectivity index is 1.75. The Morgan fingerprint density at radius 3 is 1.78 bits per heavy atom. The molecule has 0 heterocycles. The number of para-hydroxylation sites is 2. The fourth-order valence-electron chi connectivity index (χ4n) is 3.61. The number of rotatable bonds is 12. The van der Waals surface area contributed by atoms with E-state index in [1.165, 1.54) is 0 Å². The standard InChI is InChI=1S/C26H38N4O2/c1-6-21-12-8-10-14-23(21)27-25(31)18-29(4)17-16-20(3)30(5)19-26(32)28-24-15-11-9-13-22(24)7-2/h8-15,20H,6-7,16-19H2,1-5H3,(H,27,31)(H,28,32). The normalized spacial score (nSPS) is 12.1. The van der Waals surface area contributed by atoms with Gasteiger partial charge in [0.25, 0.3) is 0 Å². The quantitative estimate of drug-likeness (QED) is 0.525. The van der Waals surface area contributed by atoms with Gasteiger partial charge in [0.05, 0.1) is 13.1 Å². The molecule has 0 saturated carbocycles. The van der Waals surface area contributed by atoms with E-state index in [9.17, 15) is 9.59 Å². The maximum atomic E-state index is 12.5. The summed E-state index contributed by atoms with van der Waals surface area (Å²) in [7, 11) is 3.91. The van der Waals surface area contributed by atoms with Crippen LogP contribution in [0.4, 0.5) is 11.4 Å². The predicted octanol–water partition coefficient (Wildman–Crippen LogP) is 4.03. The summed E-state index contributed by atoms with van der Waals surface area (Å²) in [5, 5.41) is 6.04. The van der Waals surface area contributed by atoms with E-state index in [0.29, 0.717) is 13.1 Å². The molecule has 32 heavy (non-hydrogen) atoms. The molecule has 1 atom stereocenters. The number of carbonyl (C=O) groups is 2. The van der Waals surface area contributed by atoms with Crippen LogP contribution in [0.1, 0.15) is 38.3 Å². The van der Waals surface area contributed by atoms with Gasteiger partial charge in [-0.25, -0.2) is 0 Å². The molecular formula is C26H38N4O2. The van der Waals surface area contributed by atoms with Gasteiger partial charge in [0, 0.05) is 17.4 Å². The zero-order valence-electron chi connectivity index (χ0n) is 20.1. The first kappa shape index (κ1) is 25.6. The van der Waals surface area contributed by atoms with Crippen LogP contribution >= 0.6 is 0 Å². The summed E-state index contributed by atoms with van der Waals surface area (Å²) in [6.07, 6.45) is 2.63. The maximum Gasteiger partial charge on any atom is 0.238 e. The van der Waals surface area contributed by atoms with E-state index in [4.69, 9.17) is 0 Å². The van der Waals surface area contributed by atoms with Gasteiger partial charge in [0.1, 0.15) is 0 Å². The van der Waals surface area contributed by atoms with Crippen molar-refractivity contribution >= 4 is 23.2 Å². The average Bonchev–Trinajstić information content (AvgIpc) is 2.77. The number of aryl methyl sites for hydroxylation is 2. The van der Waals surface area contributed by atoms with Crippen LogP contribution in [-0.2, 0) is 22.4 Å². The second kappa shape index (κ2) is 13.0. The summed E-state index contributed by atoms with van der Waals surface area (Å²) < 4.78 is 0. The SMILES string of the molecule is CCc1ccccc1NC(=O)CN(C)CCC(C)N(C)CC(=O)Nc1ccccc1CC. The van der Waals surface area contributed by atoms with E-state index in [2.05, 4.69) is 36.3 Å². The Morgan fingerprint density at radius 1 is 0.812 bits per heavy atom. The first-order chi connectivity index (χ1) is 15.3. The predicted molar refractivity (Wildman–Crippen MR) is 133 cm³/mol. The van der Waals surface area contributed by atoms with Gasteiger partial charge in [0.2, 0.25) is 11.8 Å². The minimum Gasteiger partial charge on any atom is -0.325 e. The van der Waals surface area contributed by atoms with Crippen LogP contribution in [0.25, 0.3) is 0 Å². The molecule has 2 N–H and O–H groups in total. The van der Waals surface area contributed by atoms with E-state index in [-0.39, 0.29) is 17.9 Å². The molecule has 174 valence electrons. The molecule has 0 aliphatic carbocycles. The summed E-state index contributed by atoms with van der Waals surface area (Å²) in [5.41, 5.74) is 4.05. The first-order valence-electron chi connectivity index (χ1n) is 11.5. The Hall–Kier alpha value is -2.70. The van der Waals surface area contributed by atoms with Crippen molar-refractivity contribution in [3.8, 4) is 0 Å². The van der Waals surface area contributed by atoms with Crippen LogP contribution in [-0.4, -0.2) is 61.4 Å². The van der Waals surface area contributed by atoms with Gasteiger partial charge >= 0.3 is 0 Å². The molecule has 2 aromatic carbocycles. The van der Waals surface area contributed by atoms with Crippen molar-refractivity contribution in [2.45, 2.75) is 46.1 Å². The van der Waals surface area contributed by atoms with Crippen LogP contribution in [0.2, 0.25) is 0 Å². The Bertz CT molecular complexity index is 884. The van der Waals surface area contributed by atoms with Crippen LogP contribution in [0, 0.1) is 0 Å². The number of likely N-dealkylation sites (N-methyl/N-ethyl adjacent to an activating group) is 2. The van der Waals surface area contributed by atoms with Crippen LogP contribution in [0.5, 0.6) is 0 Å². The summed E-state index contributed by atoms with van der Waals surface area (Å²) >= 11 is 0. The van der Waals surface area contributed by atoms with Gasteiger partial charge in [-0.3, -0.25) is 19.4 Å². The van der Waals surface area contributed by atoms with Gasteiger partial charge in [-0.1, -0.05) is 50.2 Å². The van der Waals surface area contributed by atoms with E-state index < -0.39 is 0 Å². The molecule has 2 amide bonds. The minimum absolute atomic E-state index is 0.0108. The molecule has 0 bridgehead atoms. The van der Waals surface area contributed by atoms with Crippen molar-refractivity contribution in [3.05, 3.63) is 59.7 Å². The van der Waals surface area contributed by atoms with Crippen LogP contribution in [0.15, 0.2) is 48.5 Å². The van der Waals surface area contributed by atoms with E-state index in [0.717, 1.165) is 48.3 Å². The highest BCUT2D eigenvalue weighted by Crippen LogP contribution is 2.16. The molecule has 0 radical (unpaired) electrons. The highest BCUT2D eigenvalue weighted by atomic mass is 16.2. The number of nitrogens with one attached hydrogen (secondary N) is 2. The van der Waals surface area contributed by atoms with Crippen molar-refractivity contribution < 1.29 is 9.59 Å². The summed E-state index contributed by atoms with van der Waals surface area (Å²) in [4.78, 5) is 29.0.